The van der Waals surface area contributed by atoms with Crippen LogP contribution in [0.3, 0.4) is 0 Å². The summed E-state index contributed by atoms with van der Waals surface area (Å²) >= 11 is 0. The molecule has 2 nitrogen and oxygen atoms in total. The summed E-state index contributed by atoms with van der Waals surface area (Å²) in [6.45, 7) is 1.66. The van der Waals surface area contributed by atoms with Gasteiger partial charge in [-0.1, -0.05) is 11.6 Å². The Morgan fingerprint density at radius 1 is 1.42 bits per heavy atom. The van der Waals surface area contributed by atoms with Gasteiger partial charge >= 0.3 is 0 Å². The Kier molecular flexibility index (Phi) is 2.45. The van der Waals surface area contributed by atoms with E-state index in [9.17, 15) is 0 Å². The topological polar surface area (TPSA) is 21.6 Å². The third kappa shape index (κ3) is 1.87. The predicted molar refractivity (Wildman–Crippen MR) is 49.4 cm³/mol. The van der Waals surface area contributed by atoms with Crippen LogP contribution in [-0.4, -0.2) is 19.0 Å². The summed E-state index contributed by atoms with van der Waals surface area (Å²) in [5.74, 6) is 0.961. The molecule has 1 heterocycles. The third-order valence-electron chi connectivity index (χ3n) is 2.41. The maximum absolute atomic E-state index is 5.36. The Morgan fingerprint density at radius 2 is 2.42 bits per heavy atom. The van der Waals surface area contributed by atoms with Crippen LogP contribution in [0.1, 0.15) is 32.1 Å². The van der Waals surface area contributed by atoms with Crippen molar-refractivity contribution in [2.75, 3.05) is 13.2 Å². The van der Waals surface area contributed by atoms with Crippen molar-refractivity contribution in [2.24, 2.45) is 4.99 Å². The summed E-state index contributed by atoms with van der Waals surface area (Å²) < 4.78 is 5.36. The number of hydrogen-bond donors (Lipinski definition) is 0. The number of aliphatic imine (C=N–C) groups is 1. The highest BCUT2D eigenvalue weighted by molar-refractivity contribution is 5.79. The van der Waals surface area contributed by atoms with Crippen LogP contribution < -0.4 is 0 Å². The lowest BCUT2D eigenvalue weighted by molar-refractivity contribution is 0.340. The Balaban J connectivity index is 1.88. The van der Waals surface area contributed by atoms with Crippen molar-refractivity contribution in [3.05, 3.63) is 11.6 Å². The second-order valence-corrected chi connectivity index (χ2v) is 3.41. The molecule has 0 aromatic carbocycles. The molecular formula is C10H15NO. The highest BCUT2D eigenvalue weighted by Crippen LogP contribution is 2.21. The van der Waals surface area contributed by atoms with E-state index in [0.29, 0.717) is 0 Å². The van der Waals surface area contributed by atoms with Gasteiger partial charge in [0, 0.05) is 6.42 Å². The van der Waals surface area contributed by atoms with E-state index in [2.05, 4.69) is 11.1 Å². The van der Waals surface area contributed by atoms with E-state index >= 15 is 0 Å². The fourth-order valence-electron chi connectivity index (χ4n) is 1.75. The molecule has 1 aliphatic carbocycles. The van der Waals surface area contributed by atoms with Crippen LogP contribution in [-0.2, 0) is 4.74 Å². The molecule has 0 aromatic rings. The summed E-state index contributed by atoms with van der Waals surface area (Å²) in [4.78, 5) is 4.28. The first-order valence-electron chi connectivity index (χ1n) is 4.79. The molecule has 0 spiro atoms. The molecule has 0 fully saturated rings. The van der Waals surface area contributed by atoms with Gasteiger partial charge in [0.05, 0.1) is 6.54 Å². The van der Waals surface area contributed by atoms with E-state index in [4.69, 9.17) is 4.74 Å². The van der Waals surface area contributed by atoms with Crippen molar-refractivity contribution in [3.8, 4) is 0 Å². The SMILES string of the molecule is C1=C(CC2=NCCO2)CCCC1. The van der Waals surface area contributed by atoms with E-state index < -0.39 is 0 Å². The Hall–Kier alpha value is -0.790. The number of nitrogens with zero attached hydrogens (tertiary/aromatic N) is 1. The van der Waals surface area contributed by atoms with Crippen LogP contribution in [0.15, 0.2) is 16.6 Å². The number of hydrogen-bond acceptors (Lipinski definition) is 2. The molecule has 0 saturated carbocycles. The Labute approximate surface area is 73.3 Å². The largest absolute Gasteiger partial charge is 0.479 e. The summed E-state index contributed by atoms with van der Waals surface area (Å²) in [5, 5.41) is 0. The van der Waals surface area contributed by atoms with E-state index in [0.717, 1.165) is 25.5 Å². The predicted octanol–water partition coefficient (Wildman–Crippen LogP) is 2.31. The number of ether oxygens (including phenoxy) is 1. The van der Waals surface area contributed by atoms with Gasteiger partial charge in [0.15, 0.2) is 5.90 Å². The van der Waals surface area contributed by atoms with Gasteiger partial charge in [-0.3, -0.25) is 4.99 Å². The molecule has 0 aromatic heterocycles. The lowest BCUT2D eigenvalue weighted by Crippen LogP contribution is -2.02. The van der Waals surface area contributed by atoms with E-state index in [1.54, 1.807) is 0 Å². The lowest BCUT2D eigenvalue weighted by Gasteiger charge is -2.11. The summed E-state index contributed by atoms with van der Waals surface area (Å²) in [6, 6.07) is 0. The second kappa shape index (κ2) is 3.74. The van der Waals surface area contributed by atoms with Crippen molar-refractivity contribution in [1.82, 2.24) is 0 Å². The summed E-state index contributed by atoms with van der Waals surface area (Å²) in [6.07, 6.45) is 8.54. The van der Waals surface area contributed by atoms with Crippen molar-refractivity contribution in [3.63, 3.8) is 0 Å². The molecule has 0 unspecified atom stereocenters. The zero-order chi connectivity index (χ0) is 8.23. The molecule has 2 heteroatoms. The first kappa shape index (κ1) is 7.84. The van der Waals surface area contributed by atoms with Crippen LogP contribution in [0.2, 0.25) is 0 Å². The Morgan fingerprint density at radius 3 is 3.08 bits per heavy atom. The highest BCUT2D eigenvalue weighted by atomic mass is 16.5. The molecular weight excluding hydrogens is 150 g/mol. The zero-order valence-electron chi connectivity index (χ0n) is 7.38. The van der Waals surface area contributed by atoms with E-state index in [1.165, 1.54) is 31.3 Å². The molecule has 0 saturated heterocycles. The fourth-order valence-corrected chi connectivity index (χ4v) is 1.75. The van der Waals surface area contributed by atoms with Gasteiger partial charge in [-0.15, -0.1) is 0 Å². The van der Waals surface area contributed by atoms with E-state index in [-0.39, 0.29) is 0 Å². The quantitative estimate of drug-likeness (QED) is 0.575. The van der Waals surface area contributed by atoms with Gasteiger partial charge in [-0.25, -0.2) is 0 Å². The number of allylic oxidation sites excluding steroid dienone is 1. The minimum absolute atomic E-state index is 0.794. The van der Waals surface area contributed by atoms with Crippen molar-refractivity contribution in [2.45, 2.75) is 32.1 Å². The second-order valence-electron chi connectivity index (χ2n) is 3.41. The normalized spacial score (nSPS) is 23.0. The third-order valence-corrected chi connectivity index (χ3v) is 2.41. The van der Waals surface area contributed by atoms with Gasteiger partial charge in [0.25, 0.3) is 0 Å². The maximum Gasteiger partial charge on any atom is 0.187 e. The summed E-state index contributed by atoms with van der Waals surface area (Å²) in [5.41, 5.74) is 1.53. The maximum atomic E-state index is 5.36. The molecule has 0 N–H and O–H groups in total. The minimum atomic E-state index is 0.794. The molecule has 12 heavy (non-hydrogen) atoms. The van der Waals surface area contributed by atoms with Gasteiger partial charge in [0.2, 0.25) is 0 Å². The molecule has 2 rings (SSSR count). The van der Waals surface area contributed by atoms with Crippen LogP contribution >= 0.6 is 0 Å². The standard InChI is InChI=1S/C10H15NO/c1-2-4-9(5-3-1)8-10-11-6-7-12-10/h4H,1-3,5-8H2. The van der Waals surface area contributed by atoms with E-state index in [1.807, 2.05) is 0 Å². The van der Waals surface area contributed by atoms with Crippen molar-refractivity contribution in [1.29, 1.82) is 0 Å². The summed E-state index contributed by atoms with van der Waals surface area (Å²) in [7, 11) is 0. The average Bonchev–Trinajstić information content (AvgIpc) is 2.59. The molecule has 0 bridgehead atoms. The van der Waals surface area contributed by atoms with Gasteiger partial charge < -0.3 is 4.74 Å². The molecule has 1 aliphatic heterocycles. The van der Waals surface area contributed by atoms with Crippen molar-refractivity contribution < 1.29 is 4.74 Å². The average molecular weight is 165 g/mol. The van der Waals surface area contributed by atoms with Gasteiger partial charge in [-0.2, -0.15) is 0 Å². The molecule has 0 atom stereocenters. The first-order valence-corrected chi connectivity index (χ1v) is 4.79. The first-order chi connectivity index (χ1) is 5.95. The van der Waals surface area contributed by atoms with Crippen LogP contribution in [0, 0.1) is 0 Å². The smallest absolute Gasteiger partial charge is 0.187 e. The lowest BCUT2D eigenvalue weighted by atomic mass is 9.97. The highest BCUT2D eigenvalue weighted by Gasteiger charge is 2.11. The molecule has 66 valence electrons. The zero-order valence-corrected chi connectivity index (χ0v) is 7.38. The van der Waals surface area contributed by atoms with Gasteiger partial charge in [0.1, 0.15) is 6.61 Å². The monoisotopic (exact) mass is 165 g/mol. The molecule has 0 radical (unpaired) electrons. The van der Waals surface area contributed by atoms with Crippen LogP contribution in [0.4, 0.5) is 0 Å². The van der Waals surface area contributed by atoms with Crippen LogP contribution in [0.5, 0.6) is 0 Å². The molecule has 2 aliphatic rings. The van der Waals surface area contributed by atoms with Crippen LogP contribution in [0.25, 0.3) is 0 Å². The minimum Gasteiger partial charge on any atom is -0.479 e. The van der Waals surface area contributed by atoms with Crippen molar-refractivity contribution >= 4 is 5.90 Å². The van der Waals surface area contributed by atoms with Gasteiger partial charge in [-0.05, 0) is 25.7 Å². The number of rotatable bonds is 2. The molecule has 0 amide bonds. The Bertz CT molecular complexity index is 218. The fraction of sp³-hybridized carbons (Fsp3) is 0.700.